The van der Waals surface area contributed by atoms with E-state index in [1.807, 2.05) is 6.92 Å². The molecule has 0 spiro atoms. The Labute approximate surface area is 120 Å². The summed E-state index contributed by atoms with van der Waals surface area (Å²) in [5, 5.41) is 0. The molecule has 1 aromatic carbocycles. The van der Waals surface area contributed by atoms with E-state index in [0.717, 1.165) is 18.6 Å². The summed E-state index contributed by atoms with van der Waals surface area (Å²) >= 11 is 0. The van der Waals surface area contributed by atoms with Crippen molar-refractivity contribution in [1.82, 2.24) is 9.55 Å². The molecule has 3 nitrogen and oxygen atoms in total. The van der Waals surface area contributed by atoms with Crippen LogP contribution < -0.4 is 5.73 Å². The summed E-state index contributed by atoms with van der Waals surface area (Å²) in [6.45, 7) is 2.17. The predicted octanol–water partition coefficient (Wildman–Crippen LogP) is 3.14. The zero-order valence-corrected chi connectivity index (χ0v) is 11.5. The van der Waals surface area contributed by atoms with E-state index in [9.17, 15) is 13.2 Å². The van der Waals surface area contributed by atoms with Crippen LogP contribution in [-0.2, 0) is 13.0 Å². The SMILES string of the molecule is C#CCn1c(CCC)nc(-c2cc(F)c(F)c(F)c2)c1N. The van der Waals surface area contributed by atoms with Gasteiger partial charge < -0.3 is 10.3 Å². The van der Waals surface area contributed by atoms with Gasteiger partial charge in [-0.3, -0.25) is 0 Å². The second-order valence-electron chi connectivity index (χ2n) is 4.56. The second-order valence-corrected chi connectivity index (χ2v) is 4.56. The van der Waals surface area contributed by atoms with Crippen molar-refractivity contribution in [3.63, 3.8) is 0 Å². The maximum Gasteiger partial charge on any atom is 0.194 e. The Morgan fingerprint density at radius 3 is 2.43 bits per heavy atom. The molecule has 110 valence electrons. The summed E-state index contributed by atoms with van der Waals surface area (Å²) in [4.78, 5) is 4.29. The molecule has 0 atom stereocenters. The van der Waals surface area contributed by atoms with Gasteiger partial charge in [-0.2, -0.15) is 0 Å². The molecule has 0 aliphatic heterocycles. The van der Waals surface area contributed by atoms with Crippen LogP contribution in [0.25, 0.3) is 11.3 Å². The van der Waals surface area contributed by atoms with E-state index >= 15 is 0 Å². The van der Waals surface area contributed by atoms with Crippen molar-refractivity contribution in [2.75, 3.05) is 5.73 Å². The number of hydrogen-bond donors (Lipinski definition) is 1. The number of imidazole rings is 1. The molecule has 0 bridgehead atoms. The van der Waals surface area contributed by atoms with Crippen molar-refractivity contribution in [1.29, 1.82) is 0 Å². The zero-order chi connectivity index (χ0) is 15.6. The van der Waals surface area contributed by atoms with E-state index in [1.165, 1.54) is 0 Å². The summed E-state index contributed by atoms with van der Waals surface area (Å²) in [6.07, 6.45) is 6.72. The van der Waals surface area contributed by atoms with Gasteiger partial charge in [0.2, 0.25) is 0 Å². The molecule has 0 unspecified atom stereocenters. The fourth-order valence-corrected chi connectivity index (χ4v) is 2.10. The molecule has 0 radical (unpaired) electrons. The van der Waals surface area contributed by atoms with Crippen LogP contribution in [0.3, 0.4) is 0 Å². The number of anilines is 1. The molecule has 0 saturated carbocycles. The fraction of sp³-hybridized carbons (Fsp3) is 0.267. The molecule has 0 fully saturated rings. The standard InChI is InChI=1S/C15H14F3N3/c1-3-5-12-20-14(15(19)21(12)6-4-2)9-7-10(16)13(18)11(17)8-9/h2,7-8H,3,5-6,19H2,1H3. The molecular weight excluding hydrogens is 279 g/mol. The topological polar surface area (TPSA) is 43.8 Å². The molecule has 2 aromatic rings. The average Bonchev–Trinajstić information content (AvgIpc) is 2.74. The first-order valence-corrected chi connectivity index (χ1v) is 6.42. The molecule has 2 rings (SSSR count). The lowest BCUT2D eigenvalue weighted by atomic mass is 10.1. The van der Waals surface area contributed by atoms with Crippen LogP contribution in [0.5, 0.6) is 0 Å². The van der Waals surface area contributed by atoms with Crippen LogP contribution in [0.4, 0.5) is 19.0 Å². The number of terminal acetylenes is 1. The van der Waals surface area contributed by atoms with E-state index in [1.54, 1.807) is 4.57 Å². The largest absolute Gasteiger partial charge is 0.383 e. The quantitative estimate of drug-likeness (QED) is 0.695. The van der Waals surface area contributed by atoms with Crippen molar-refractivity contribution >= 4 is 5.82 Å². The van der Waals surface area contributed by atoms with Crippen molar-refractivity contribution in [3.05, 3.63) is 35.4 Å². The Morgan fingerprint density at radius 1 is 1.29 bits per heavy atom. The van der Waals surface area contributed by atoms with Crippen molar-refractivity contribution in [2.45, 2.75) is 26.3 Å². The Morgan fingerprint density at radius 2 is 1.90 bits per heavy atom. The maximum atomic E-state index is 13.3. The van der Waals surface area contributed by atoms with Gasteiger partial charge in [-0.1, -0.05) is 12.8 Å². The van der Waals surface area contributed by atoms with Gasteiger partial charge in [0.1, 0.15) is 17.3 Å². The Kier molecular flexibility index (Phi) is 4.22. The molecule has 2 N–H and O–H groups in total. The van der Waals surface area contributed by atoms with Crippen LogP contribution in [0.15, 0.2) is 12.1 Å². The van der Waals surface area contributed by atoms with E-state index in [0.29, 0.717) is 12.2 Å². The smallest absolute Gasteiger partial charge is 0.194 e. The average molecular weight is 293 g/mol. The number of halogens is 3. The predicted molar refractivity (Wildman–Crippen MR) is 74.8 cm³/mol. The van der Waals surface area contributed by atoms with E-state index < -0.39 is 17.5 Å². The van der Waals surface area contributed by atoms with Gasteiger partial charge in [-0.15, -0.1) is 6.42 Å². The minimum atomic E-state index is -1.52. The highest BCUT2D eigenvalue weighted by molar-refractivity contribution is 5.71. The summed E-state index contributed by atoms with van der Waals surface area (Å²) in [6, 6.07) is 1.74. The van der Waals surface area contributed by atoms with Crippen LogP contribution in [0.2, 0.25) is 0 Å². The number of nitrogens with zero attached hydrogens (tertiary/aromatic N) is 2. The normalized spacial score (nSPS) is 10.6. The van der Waals surface area contributed by atoms with Gasteiger partial charge in [0.15, 0.2) is 17.5 Å². The third kappa shape index (κ3) is 2.72. The number of aromatic nitrogens is 2. The third-order valence-corrected chi connectivity index (χ3v) is 3.07. The van der Waals surface area contributed by atoms with Gasteiger partial charge in [0.25, 0.3) is 0 Å². The molecule has 0 aliphatic rings. The van der Waals surface area contributed by atoms with Crippen molar-refractivity contribution in [2.24, 2.45) is 0 Å². The Balaban J connectivity index is 2.59. The summed E-state index contributed by atoms with van der Waals surface area (Å²) in [5.41, 5.74) is 6.24. The number of aryl methyl sites for hydroxylation is 1. The minimum Gasteiger partial charge on any atom is -0.383 e. The Bertz CT molecular complexity index is 691. The summed E-state index contributed by atoms with van der Waals surface area (Å²) in [5.74, 6) is -0.790. The lowest BCUT2D eigenvalue weighted by molar-refractivity contribution is 0.447. The number of rotatable bonds is 4. The molecule has 1 aromatic heterocycles. The number of benzene rings is 1. The highest BCUT2D eigenvalue weighted by Gasteiger charge is 2.18. The van der Waals surface area contributed by atoms with Gasteiger partial charge >= 0.3 is 0 Å². The third-order valence-electron chi connectivity index (χ3n) is 3.07. The lowest BCUT2D eigenvalue weighted by Crippen LogP contribution is -2.06. The minimum absolute atomic E-state index is 0.0806. The van der Waals surface area contributed by atoms with Crippen LogP contribution >= 0.6 is 0 Å². The first-order valence-electron chi connectivity index (χ1n) is 6.42. The van der Waals surface area contributed by atoms with Crippen LogP contribution in [-0.4, -0.2) is 9.55 Å². The summed E-state index contributed by atoms with van der Waals surface area (Å²) < 4.78 is 41.3. The van der Waals surface area contributed by atoms with Crippen molar-refractivity contribution in [3.8, 4) is 23.6 Å². The monoisotopic (exact) mass is 293 g/mol. The fourth-order valence-electron chi connectivity index (χ4n) is 2.10. The lowest BCUT2D eigenvalue weighted by Gasteiger charge is -2.05. The Hall–Kier alpha value is -2.42. The van der Waals surface area contributed by atoms with Crippen LogP contribution in [0.1, 0.15) is 19.2 Å². The molecule has 1 heterocycles. The number of nitrogen functional groups attached to an aromatic ring is 1. The van der Waals surface area contributed by atoms with Gasteiger partial charge in [-0.05, 0) is 18.6 Å². The van der Waals surface area contributed by atoms with Crippen LogP contribution in [0, 0.1) is 29.8 Å². The highest BCUT2D eigenvalue weighted by atomic mass is 19.2. The number of hydrogen-bond acceptors (Lipinski definition) is 2. The first kappa shape index (κ1) is 15.0. The van der Waals surface area contributed by atoms with E-state index in [2.05, 4.69) is 10.9 Å². The molecular formula is C15H14F3N3. The molecule has 21 heavy (non-hydrogen) atoms. The molecule has 0 saturated heterocycles. The number of nitrogens with two attached hydrogens (primary N) is 1. The molecule has 6 heteroatoms. The van der Waals surface area contributed by atoms with Crippen molar-refractivity contribution < 1.29 is 13.2 Å². The maximum absolute atomic E-state index is 13.3. The zero-order valence-electron chi connectivity index (χ0n) is 11.5. The molecule has 0 aliphatic carbocycles. The molecule has 0 amide bonds. The van der Waals surface area contributed by atoms with Gasteiger partial charge in [0.05, 0.1) is 6.54 Å². The summed E-state index contributed by atoms with van der Waals surface area (Å²) in [7, 11) is 0. The highest BCUT2D eigenvalue weighted by Crippen LogP contribution is 2.29. The first-order chi connectivity index (χ1) is 9.99. The van der Waals surface area contributed by atoms with Gasteiger partial charge in [-0.25, -0.2) is 18.2 Å². The van der Waals surface area contributed by atoms with Gasteiger partial charge in [0, 0.05) is 12.0 Å². The second kappa shape index (κ2) is 5.92. The van der Waals surface area contributed by atoms with E-state index in [-0.39, 0.29) is 23.6 Å². The van der Waals surface area contributed by atoms with E-state index in [4.69, 9.17) is 12.2 Å².